The summed E-state index contributed by atoms with van der Waals surface area (Å²) >= 11 is 0. The molecular formula is C22H31N3O5S. The zero-order chi connectivity index (χ0) is 22.0. The molecule has 0 radical (unpaired) electrons. The van der Waals surface area contributed by atoms with E-state index in [1.165, 1.54) is 10.4 Å². The Balaban J connectivity index is 1.49. The van der Waals surface area contributed by atoms with Crippen molar-refractivity contribution in [2.75, 3.05) is 52.5 Å². The van der Waals surface area contributed by atoms with E-state index < -0.39 is 10.0 Å². The maximum Gasteiger partial charge on any atom is 0.254 e. The fourth-order valence-corrected chi connectivity index (χ4v) is 6.10. The lowest BCUT2D eigenvalue weighted by molar-refractivity contribution is -0.139. The Labute approximate surface area is 184 Å². The summed E-state index contributed by atoms with van der Waals surface area (Å²) in [5.41, 5.74) is 1.08. The molecule has 0 aromatic heterocycles. The minimum Gasteiger partial charge on any atom is -0.379 e. The molecule has 0 atom stereocenters. The molecule has 1 aliphatic carbocycles. The van der Waals surface area contributed by atoms with Gasteiger partial charge in [0.15, 0.2) is 0 Å². The highest BCUT2D eigenvalue weighted by Gasteiger charge is 2.33. The first-order chi connectivity index (χ1) is 14.9. The molecule has 1 aromatic carbocycles. The minimum atomic E-state index is -3.69. The Morgan fingerprint density at radius 1 is 1.00 bits per heavy atom. The summed E-state index contributed by atoms with van der Waals surface area (Å²) in [6, 6.07) is 4.99. The highest BCUT2D eigenvalue weighted by molar-refractivity contribution is 7.89. The van der Waals surface area contributed by atoms with Gasteiger partial charge >= 0.3 is 0 Å². The predicted octanol–water partition coefficient (Wildman–Crippen LogP) is 1.35. The summed E-state index contributed by atoms with van der Waals surface area (Å²) in [4.78, 5) is 29.4. The SMILES string of the molecule is CCc1ccc(C(=O)N2CCN(C(=O)C3CCC3)CC2)cc1S(=O)(=O)N1CCOCC1. The van der Waals surface area contributed by atoms with Gasteiger partial charge in [0, 0.05) is 50.7 Å². The van der Waals surface area contributed by atoms with Crippen molar-refractivity contribution in [2.24, 2.45) is 5.92 Å². The van der Waals surface area contributed by atoms with Crippen LogP contribution in [0.3, 0.4) is 0 Å². The minimum absolute atomic E-state index is 0.164. The second-order valence-electron chi connectivity index (χ2n) is 8.44. The predicted molar refractivity (Wildman–Crippen MR) is 115 cm³/mol. The van der Waals surface area contributed by atoms with E-state index >= 15 is 0 Å². The van der Waals surface area contributed by atoms with Crippen molar-refractivity contribution in [3.63, 3.8) is 0 Å². The number of nitrogens with zero attached hydrogens (tertiary/aromatic N) is 3. The van der Waals surface area contributed by atoms with Crippen molar-refractivity contribution >= 4 is 21.8 Å². The van der Waals surface area contributed by atoms with Gasteiger partial charge in [-0.15, -0.1) is 0 Å². The number of ether oxygens (including phenoxy) is 1. The first kappa shape index (κ1) is 22.2. The van der Waals surface area contributed by atoms with Crippen LogP contribution in [-0.4, -0.2) is 86.8 Å². The lowest BCUT2D eigenvalue weighted by Crippen LogP contribution is -2.52. The molecule has 0 bridgehead atoms. The Hall–Kier alpha value is -1.97. The molecule has 2 aliphatic heterocycles. The molecule has 2 saturated heterocycles. The second-order valence-corrected chi connectivity index (χ2v) is 10.3. The van der Waals surface area contributed by atoms with Crippen molar-refractivity contribution in [3.05, 3.63) is 29.3 Å². The third kappa shape index (κ3) is 4.49. The number of morpholine rings is 1. The van der Waals surface area contributed by atoms with Gasteiger partial charge in [0.05, 0.1) is 18.1 Å². The van der Waals surface area contributed by atoms with Crippen molar-refractivity contribution in [1.29, 1.82) is 0 Å². The monoisotopic (exact) mass is 449 g/mol. The van der Waals surface area contributed by atoms with E-state index in [2.05, 4.69) is 0 Å². The molecule has 1 saturated carbocycles. The summed E-state index contributed by atoms with van der Waals surface area (Å²) in [6.07, 6.45) is 3.64. The molecule has 8 nitrogen and oxygen atoms in total. The molecule has 1 aromatic rings. The topological polar surface area (TPSA) is 87.2 Å². The fraction of sp³-hybridized carbons (Fsp3) is 0.636. The van der Waals surface area contributed by atoms with Crippen LogP contribution in [0.2, 0.25) is 0 Å². The highest BCUT2D eigenvalue weighted by Crippen LogP contribution is 2.29. The van der Waals surface area contributed by atoms with Crippen LogP contribution < -0.4 is 0 Å². The molecule has 3 fully saturated rings. The zero-order valence-corrected chi connectivity index (χ0v) is 18.9. The van der Waals surface area contributed by atoms with Crippen LogP contribution in [0, 0.1) is 5.92 Å². The van der Waals surface area contributed by atoms with Crippen molar-refractivity contribution in [1.82, 2.24) is 14.1 Å². The molecular weight excluding hydrogens is 418 g/mol. The van der Waals surface area contributed by atoms with E-state index in [9.17, 15) is 18.0 Å². The first-order valence-electron chi connectivity index (χ1n) is 11.2. The number of hydrogen-bond acceptors (Lipinski definition) is 5. The molecule has 0 N–H and O–H groups in total. The first-order valence-corrected chi connectivity index (χ1v) is 12.6. The van der Waals surface area contributed by atoms with Gasteiger partial charge in [-0.3, -0.25) is 9.59 Å². The summed E-state index contributed by atoms with van der Waals surface area (Å²) in [5, 5.41) is 0. The highest BCUT2D eigenvalue weighted by atomic mass is 32.2. The molecule has 2 amide bonds. The van der Waals surface area contributed by atoms with Crippen LogP contribution in [0.25, 0.3) is 0 Å². The molecule has 2 heterocycles. The average molecular weight is 450 g/mol. The smallest absolute Gasteiger partial charge is 0.254 e. The molecule has 0 spiro atoms. The van der Waals surface area contributed by atoms with Gasteiger partial charge < -0.3 is 14.5 Å². The maximum atomic E-state index is 13.2. The summed E-state index contributed by atoms with van der Waals surface area (Å²) < 4.78 is 33.2. The quantitative estimate of drug-likeness (QED) is 0.677. The summed E-state index contributed by atoms with van der Waals surface area (Å²) in [5.74, 6) is 0.193. The summed E-state index contributed by atoms with van der Waals surface area (Å²) in [7, 11) is -3.69. The van der Waals surface area contributed by atoms with Crippen LogP contribution in [0.15, 0.2) is 23.1 Å². The number of rotatable bonds is 5. The van der Waals surface area contributed by atoms with Gasteiger partial charge in [0.1, 0.15) is 0 Å². The third-order valence-electron chi connectivity index (χ3n) is 6.62. The van der Waals surface area contributed by atoms with E-state index in [4.69, 9.17) is 4.74 Å². The normalized spacial score (nSPS) is 21.1. The van der Waals surface area contributed by atoms with Gasteiger partial charge in [-0.05, 0) is 37.0 Å². The van der Waals surface area contributed by atoms with E-state index in [1.807, 2.05) is 11.8 Å². The number of piperazine rings is 1. The number of sulfonamides is 1. The molecule has 0 unspecified atom stereocenters. The van der Waals surface area contributed by atoms with Crippen LogP contribution >= 0.6 is 0 Å². The van der Waals surface area contributed by atoms with E-state index in [1.54, 1.807) is 17.0 Å². The molecule has 4 rings (SSSR count). The molecule has 170 valence electrons. The van der Waals surface area contributed by atoms with Gasteiger partial charge in [-0.1, -0.05) is 19.4 Å². The van der Waals surface area contributed by atoms with Crippen LogP contribution in [0.4, 0.5) is 0 Å². The van der Waals surface area contributed by atoms with Gasteiger partial charge in [0.2, 0.25) is 15.9 Å². The van der Waals surface area contributed by atoms with Crippen LogP contribution in [0.5, 0.6) is 0 Å². The Bertz CT molecular complexity index is 930. The average Bonchev–Trinajstić information content (AvgIpc) is 2.77. The Morgan fingerprint density at radius 3 is 2.23 bits per heavy atom. The number of carbonyl (C=O) groups excluding carboxylic acids is 2. The van der Waals surface area contributed by atoms with E-state index in [0.717, 1.165) is 19.3 Å². The number of aryl methyl sites for hydroxylation is 1. The van der Waals surface area contributed by atoms with E-state index in [-0.39, 0.29) is 22.6 Å². The Morgan fingerprint density at radius 2 is 1.65 bits per heavy atom. The number of amides is 2. The largest absolute Gasteiger partial charge is 0.379 e. The van der Waals surface area contributed by atoms with Crippen LogP contribution in [-0.2, 0) is 26.0 Å². The molecule has 3 aliphatic rings. The lowest BCUT2D eigenvalue weighted by Gasteiger charge is -2.38. The Kier molecular flexibility index (Phi) is 6.64. The van der Waals surface area contributed by atoms with Crippen LogP contribution in [0.1, 0.15) is 42.1 Å². The standard InChI is InChI=1S/C22H31N3O5S/c1-2-17-6-7-19(16-20(17)31(28,29)25-12-14-30-15-13-25)22(27)24-10-8-23(9-11-24)21(26)18-4-3-5-18/h6-7,16,18H,2-5,8-15H2,1H3. The maximum absolute atomic E-state index is 13.2. The second kappa shape index (κ2) is 9.26. The summed E-state index contributed by atoms with van der Waals surface area (Å²) in [6.45, 7) is 5.32. The number of carbonyl (C=O) groups is 2. The van der Waals surface area contributed by atoms with Crippen molar-refractivity contribution in [3.8, 4) is 0 Å². The van der Waals surface area contributed by atoms with Gasteiger partial charge in [0.25, 0.3) is 5.91 Å². The van der Waals surface area contributed by atoms with Crippen molar-refractivity contribution in [2.45, 2.75) is 37.5 Å². The molecule has 9 heteroatoms. The number of benzene rings is 1. The lowest BCUT2D eigenvalue weighted by atomic mass is 9.84. The fourth-order valence-electron chi connectivity index (χ4n) is 4.37. The zero-order valence-electron chi connectivity index (χ0n) is 18.1. The third-order valence-corrected chi connectivity index (χ3v) is 8.60. The molecule has 31 heavy (non-hydrogen) atoms. The van der Waals surface area contributed by atoms with Gasteiger partial charge in [-0.2, -0.15) is 4.31 Å². The van der Waals surface area contributed by atoms with Gasteiger partial charge in [-0.25, -0.2) is 8.42 Å². The number of hydrogen-bond donors (Lipinski definition) is 0. The van der Waals surface area contributed by atoms with E-state index in [0.29, 0.717) is 70.0 Å². The van der Waals surface area contributed by atoms with Crippen molar-refractivity contribution < 1.29 is 22.7 Å².